The average molecular weight is 523 g/mol. The molecular formula is C33H18N2O3S. The minimum atomic E-state index is -0.267. The minimum Gasteiger partial charge on any atom is -0.434 e. The Balaban J connectivity index is 1.29. The van der Waals surface area contributed by atoms with E-state index in [1.54, 1.807) is 17.4 Å². The van der Waals surface area contributed by atoms with Gasteiger partial charge in [0.05, 0.1) is 16.1 Å². The fraction of sp³-hybridized carbons (Fsp3) is 0. The molecule has 1 aliphatic rings. The van der Waals surface area contributed by atoms with E-state index < -0.39 is 0 Å². The molecule has 0 atom stereocenters. The van der Waals surface area contributed by atoms with E-state index in [-0.39, 0.29) is 17.1 Å². The summed E-state index contributed by atoms with van der Waals surface area (Å²) in [5.74, 6) is 0.00594. The molecule has 0 radical (unpaired) electrons. The van der Waals surface area contributed by atoms with Crippen LogP contribution in [0.4, 0.5) is 0 Å². The normalized spacial score (nSPS) is 13.2. The zero-order valence-electron chi connectivity index (χ0n) is 20.4. The Morgan fingerprint density at radius 3 is 2.05 bits per heavy atom. The van der Waals surface area contributed by atoms with Crippen LogP contribution in [0, 0.1) is 0 Å². The van der Waals surface area contributed by atoms with Gasteiger partial charge in [-0.3, -0.25) is 14.2 Å². The lowest BCUT2D eigenvalue weighted by atomic mass is 10.0. The number of nitrogens with zero attached hydrogens (tertiary/aromatic N) is 2. The molecule has 0 N–H and O–H groups in total. The smallest absolute Gasteiger partial charge is 0.239 e. The van der Waals surface area contributed by atoms with Gasteiger partial charge >= 0.3 is 0 Å². The minimum absolute atomic E-state index is 0.141. The van der Waals surface area contributed by atoms with Crippen LogP contribution in [0.25, 0.3) is 54.6 Å². The molecule has 0 saturated heterocycles. The van der Waals surface area contributed by atoms with Gasteiger partial charge in [-0.2, -0.15) is 4.98 Å². The number of allylic oxidation sites excluding steroid dienone is 1. The van der Waals surface area contributed by atoms with Crippen LogP contribution in [0.15, 0.2) is 113 Å². The van der Waals surface area contributed by atoms with Crippen molar-refractivity contribution in [2.24, 2.45) is 0 Å². The summed E-state index contributed by atoms with van der Waals surface area (Å²) < 4.78 is 9.34. The van der Waals surface area contributed by atoms with Crippen LogP contribution in [0.5, 0.6) is 0 Å². The van der Waals surface area contributed by atoms with Gasteiger partial charge < -0.3 is 4.42 Å². The van der Waals surface area contributed by atoms with Gasteiger partial charge in [-0.15, -0.1) is 11.3 Å². The number of carbonyl (C=O) groups excluding carboxylic acids is 2. The maximum Gasteiger partial charge on any atom is 0.239 e. The molecule has 0 aliphatic heterocycles. The van der Waals surface area contributed by atoms with Gasteiger partial charge in [0.25, 0.3) is 0 Å². The van der Waals surface area contributed by atoms with E-state index >= 15 is 0 Å². The quantitative estimate of drug-likeness (QED) is 0.174. The second-order valence-electron chi connectivity index (χ2n) is 9.56. The fourth-order valence-electron chi connectivity index (χ4n) is 5.33. The first-order chi connectivity index (χ1) is 19.1. The van der Waals surface area contributed by atoms with Crippen molar-refractivity contribution < 1.29 is 14.0 Å². The van der Waals surface area contributed by atoms with Crippen molar-refractivity contribution in [3.8, 4) is 16.5 Å². The number of hydrogen-bond acceptors (Lipinski definition) is 5. The molecule has 5 nitrogen and oxygen atoms in total. The summed E-state index contributed by atoms with van der Waals surface area (Å²) in [6.45, 7) is 0. The van der Waals surface area contributed by atoms with E-state index in [9.17, 15) is 9.59 Å². The summed E-state index contributed by atoms with van der Waals surface area (Å²) in [7, 11) is 0. The molecule has 0 amide bonds. The van der Waals surface area contributed by atoms with Crippen molar-refractivity contribution in [3.05, 3.63) is 126 Å². The van der Waals surface area contributed by atoms with Crippen molar-refractivity contribution in [2.75, 3.05) is 0 Å². The summed E-state index contributed by atoms with van der Waals surface area (Å²) in [4.78, 5) is 32.7. The zero-order valence-corrected chi connectivity index (χ0v) is 21.2. The van der Waals surface area contributed by atoms with Gasteiger partial charge in [0.1, 0.15) is 0 Å². The number of carbonyl (C=O) groups is 2. The molecule has 184 valence electrons. The molecule has 7 aromatic rings. The van der Waals surface area contributed by atoms with Crippen molar-refractivity contribution >= 4 is 61.1 Å². The maximum atomic E-state index is 13.4. The predicted octanol–water partition coefficient (Wildman–Crippen LogP) is 8.12. The van der Waals surface area contributed by atoms with Gasteiger partial charge in [-0.05, 0) is 58.6 Å². The molecule has 0 saturated carbocycles. The van der Waals surface area contributed by atoms with Crippen molar-refractivity contribution in [2.45, 2.75) is 0 Å². The Hall–Kier alpha value is -5.07. The highest BCUT2D eigenvalue weighted by Gasteiger charge is 2.34. The van der Waals surface area contributed by atoms with Crippen LogP contribution in [0.3, 0.4) is 0 Å². The Kier molecular flexibility index (Phi) is 4.63. The summed E-state index contributed by atoms with van der Waals surface area (Å²) in [5.41, 5.74) is 3.74. The van der Waals surface area contributed by atoms with Gasteiger partial charge in [-0.1, -0.05) is 60.7 Å². The fourth-order valence-corrected chi connectivity index (χ4v) is 6.32. The summed E-state index contributed by atoms with van der Waals surface area (Å²) in [6.07, 6.45) is 1.67. The van der Waals surface area contributed by atoms with E-state index in [4.69, 9.17) is 9.40 Å². The summed E-state index contributed by atoms with van der Waals surface area (Å²) in [6, 6.07) is 33.2. The highest BCUT2D eigenvalue weighted by Crippen LogP contribution is 2.37. The van der Waals surface area contributed by atoms with Crippen molar-refractivity contribution in [3.63, 3.8) is 0 Å². The topological polar surface area (TPSA) is 65.1 Å². The van der Waals surface area contributed by atoms with Crippen molar-refractivity contribution in [1.29, 1.82) is 0 Å². The molecule has 3 heterocycles. The molecule has 4 aromatic carbocycles. The average Bonchev–Trinajstić information content (AvgIpc) is 3.71. The molecule has 0 unspecified atom stereocenters. The van der Waals surface area contributed by atoms with Crippen molar-refractivity contribution in [1.82, 2.24) is 9.55 Å². The molecule has 6 heteroatoms. The summed E-state index contributed by atoms with van der Waals surface area (Å²) in [5, 5.41) is 3.01. The highest BCUT2D eigenvalue weighted by atomic mass is 32.1. The second kappa shape index (κ2) is 8.21. The van der Waals surface area contributed by atoms with Gasteiger partial charge in [-0.25, -0.2) is 0 Å². The number of oxazole rings is 1. The first-order valence-electron chi connectivity index (χ1n) is 12.5. The second-order valence-corrected chi connectivity index (χ2v) is 10.6. The lowest BCUT2D eigenvalue weighted by Crippen LogP contribution is -2.03. The third kappa shape index (κ3) is 3.35. The molecular weight excluding hydrogens is 504 g/mol. The number of rotatable bonds is 3. The molecule has 0 spiro atoms. The standard InChI is InChI=1S/C33H18N2O3S/c36-30-24-14-19-8-4-5-9-20(19)15-25(24)31(37)26(30)17-23-18-27-32(35(23)22-11-2-1-3-12-22)34-33(38-27)29-16-21-10-6-7-13-28(21)39-29/h1-18H. The van der Waals surface area contributed by atoms with Crippen LogP contribution < -0.4 is 0 Å². The number of benzene rings is 4. The monoisotopic (exact) mass is 522 g/mol. The largest absolute Gasteiger partial charge is 0.434 e. The van der Waals surface area contributed by atoms with Gasteiger partial charge in [0.15, 0.2) is 22.8 Å². The third-order valence-corrected chi connectivity index (χ3v) is 8.29. The zero-order chi connectivity index (χ0) is 26.1. The first-order valence-corrected chi connectivity index (χ1v) is 13.4. The Bertz CT molecular complexity index is 2070. The molecule has 39 heavy (non-hydrogen) atoms. The Labute approximate surface area is 226 Å². The lowest BCUT2D eigenvalue weighted by Gasteiger charge is -2.07. The van der Waals surface area contributed by atoms with Crippen LogP contribution in [0.1, 0.15) is 26.4 Å². The molecule has 0 bridgehead atoms. The Morgan fingerprint density at radius 2 is 1.36 bits per heavy atom. The molecule has 3 aromatic heterocycles. The molecule has 0 fully saturated rings. The first kappa shape index (κ1) is 22.0. The number of fused-ring (bicyclic) bond motifs is 4. The number of aromatic nitrogens is 2. The van der Waals surface area contributed by atoms with E-state index in [0.717, 1.165) is 31.4 Å². The number of Topliss-reactive ketones (excluding diaryl/α,β-unsaturated/α-hetero) is 2. The van der Waals surface area contributed by atoms with Gasteiger partial charge in [0, 0.05) is 27.6 Å². The van der Waals surface area contributed by atoms with Gasteiger partial charge in [0.2, 0.25) is 5.89 Å². The van der Waals surface area contributed by atoms with Crippen LogP contribution in [0.2, 0.25) is 0 Å². The Morgan fingerprint density at radius 1 is 0.718 bits per heavy atom. The highest BCUT2D eigenvalue weighted by molar-refractivity contribution is 7.22. The van der Waals surface area contributed by atoms with E-state index in [1.807, 2.05) is 89.5 Å². The predicted molar refractivity (Wildman–Crippen MR) is 155 cm³/mol. The van der Waals surface area contributed by atoms with E-state index in [1.165, 1.54) is 0 Å². The van der Waals surface area contributed by atoms with Crippen LogP contribution in [-0.2, 0) is 0 Å². The SMILES string of the molecule is O=C1C(=Cc2cc3oc(-c4cc5ccccc5s4)nc3n2-c2ccccc2)C(=O)c2cc3ccccc3cc21. The number of thiophene rings is 1. The molecule has 8 rings (SSSR count). The number of ketones is 2. The van der Waals surface area contributed by atoms with E-state index in [2.05, 4.69) is 18.2 Å². The third-order valence-electron chi connectivity index (χ3n) is 7.19. The molecule has 1 aliphatic carbocycles. The lowest BCUT2D eigenvalue weighted by molar-refractivity contribution is 0.0990. The number of hydrogen-bond donors (Lipinski definition) is 0. The van der Waals surface area contributed by atoms with Crippen LogP contribution >= 0.6 is 11.3 Å². The van der Waals surface area contributed by atoms with E-state index in [0.29, 0.717) is 33.9 Å². The summed E-state index contributed by atoms with van der Waals surface area (Å²) >= 11 is 1.63. The van der Waals surface area contributed by atoms with Crippen LogP contribution in [-0.4, -0.2) is 21.1 Å². The maximum absolute atomic E-state index is 13.4. The number of para-hydroxylation sites is 1.